The summed E-state index contributed by atoms with van der Waals surface area (Å²) >= 11 is 0. The molecule has 1 spiro atoms. The van der Waals surface area contributed by atoms with Gasteiger partial charge in [0.05, 0.1) is 32.6 Å². The van der Waals surface area contributed by atoms with Gasteiger partial charge in [-0.05, 0) is 24.1 Å². The Morgan fingerprint density at radius 2 is 1.80 bits per heavy atom. The first-order valence-corrected chi connectivity index (χ1v) is 10.8. The van der Waals surface area contributed by atoms with Crippen LogP contribution in [0, 0.1) is 0 Å². The average Bonchev–Trinajstić information content (AvgIpc) is 3.43. The van der Waals surface area contributed by atoms with Crippen LogP contribution >= 0.6 is 0 Å². The normalized spacial score (nSPS) is 21.1. The van der Waals surface area contributed by atoms with Gasteiger partial charge in [0.15, 0.2) is 11.7 Å². The van der Waals surface area contributed by atoms with Gasteiger partial charge in [0.25, 0.3) is 0 Å². The molecule has 4 rings (SSSR count). The van der Waals surface area contributed by atoms with E-state index in [9.17, 15) is 0 Å². The summed E-state index contributed by atoms with van der Waals surface area (Å²) in [5.41, 5.74) is 1.30. The molecule has 2 aromatic rings. The molecule has 2 aliphatic heterocycles. The van der Waals surface area contributed by atoms with Gasteiger partial charge in [-0.15, -0.1) is 0 Å². The van der Waals surface area contributed by atoms with Crippen LogP contribution in [0.15, 0.2) is 58.1 Å². The molecule has 0 amide bonds. The number of aliphatic imine (C=N–C) groups is 1. The van der Waals surface area contributed by atoms with Gasteiger partial charge in [0, 0.05) is 32.4 Å². The van der Waals surface area contributed by atoms with Crippen LogP contribution in [0.1, 0.15) is 24.2 Å². The van der Waals surface area contributed by atoms with Crippen molar-refractivity contribution >= 4 is 5.96 Å². The van der Waals surface area contributed by atoms with Gasteiger partial charge in [0.1, 0.15) is 11.9 Å². The summed E-state index contributed by atoms with van der Waals surface area (Å²) in [5.74, 6) is 1.28. The van der Waals surface area contributed by atoms with Crippen LogP contribution in [0.3, 0.4) is 0 Å². The number of hydrogen-bond donors (Lipinski definition) is 2. The largest absolute Gasteiger partial charge is 0.469 e. The van der Waals surface area contributed by atoms with E-state index in [0.717, 1.165) is 50.5 Å². The maximum Gasteiger partial charge on any atom is 0.191 e. The van der Waals surface area contributed by atoms with E-state index in [2.05, 4.69) is 34.9 Å². The number of hydrogen-bond acceptors (Lipinski definition) is 5. The lowest BCUT2D eigenvalue weighted by Crippen LogP contribution is -2.40. The first-order valence-electron chi connectivity index (χ1n) is 10.8. The molecule has 3 heterocycles. The number of benzene rings is 1. The monoisotopic (exact) mass is 413 g/mol. The molecule has 30 heavy (non-hydrogen) atoms. The highest BCUT2D eigenvalue weighted by atomic mass is 16.7. The smallest absolute Gasteiger partial charge is 0.191 e. The summed E-state index contributed by atoms with van der Waals surface area (Å²) in [6.07, 6.45) is 4.99. The van der Waals surface area contributed by atoms with Crippen molar-refractivity contribution in [1.29, 1.82) is 0 Å². The van der Waals surface area contributed by atoms with Crippen molar-refractivity contribution in [2.45, 2.75) is 37.6 Å². The molecule has 2 fully saturated rings. The second kappa shape index (κ2) is 10.6. The third kappa shape index (κ3) is 6.08. The number of nitrogens with one attached hydrogen (secondary N) is 2. The average molecular weight is 414 g/mol. The molecule has 2 aliphatic rings. The van der Waals surface area contributed by atoms with E-state index in [4.69, 9.17) is 23.6 Å². The van der Waals surface area contributed by atoms with Crippen molar-refractivity contribution in [3.8, 4) is 0 Å². The van der Waals surface area contributed by atoms with Crippen LogP contribution in [0.4, 0.5) is 0 Å². The fourth-order valence-electron chi connectivity index (χ4n) is 3.75. The molecule has 2 N–H and O–H groups in total. The highest BCUT2D eigenvalue weighted by Crippen LogP contribution is 2.33. The highest BCUT2D eigenvalue weighted by molar-refractivity contribution is 5.79. The zero-order valence-corrected chi connectivity index (χ0v) is 17.3. The molecule has 162 valence electrons. The fraction of sp³-hybridized carbons (Fsp3) is 0.522. The summed E-state index contributed by atoms with van der Waals surface area (Å²) in [5, 5.41) is 6.84. The second-order valence-corrected chi connectivity index (χ2v) is 7.68. The maximum atomic E-state index is 6.20. The molecule has 0 aliphatic carbocycles. The Morgan fingerprint density at radius 1 is 1.00 bits per heavy atom. The molecule has 7 nitrogen and oxygen atoms in total. The quantitative estimate of drug-likeness (QED) is 0.512. The Bertz CT molecular complexity index is 773. The van der Waals surface area contributed by atoms with Crippen molar-refractivity contribution < 1.29 is 18.6 Å². The molecule has 0 radical (unpaired) electrons. The van der Waals surface area contributed by atoms with Gasteiger partial charge >= 0.3 is 0 Å². The third-order valence-corrected chi connectivity index (χ3v) is 5.41. The molecule has 0 saturated carbocycles. The second-order valence-electron chi connectivity index (χ2n) is 7.68. The van der Waals surface area contributed by atoms with Crippen LogP contribution in [0.2, 0.25) is 0 Å². The van der Waals surface area contributed by atoms with Crippen molar-refractivity contribution in [3.63, 3.8) is 0 Å². The number of guanidine groups is 1. The van der Waals surface area contributed by atoms with E-state index in [1.54, 1.807) is 6.26 Å². The minimum absolute atomic E-state index is 0.0269. The molecule has 1 aromatic heterocycles. The van der Waals surface area contributed by atoms with E-state index in [0.29, 0.717) is 26.4 Å². The summed E-state index contributed by atoms with van der Waals surface area (Å²) < 4.78 is 23.0. The van der Waals surface area contributed by atoms with E-state index < -0.39 is 5.79 Å². The Hall–Kier alpha value is -2.35. The van der Waals surface area contributed by atoms with E-state index in [-0.39, 0.29) is 6.10 Å². The van der Waals surface area contributed by atoms with E-state index in [1.165, 1.54) is 5.56 Å². The van der Waals surface area contributed by atoms with Crippen LogP contribution < -0.4 is 10.6 Å². The predicted molar refractivity (Wildman–Crippen MR) is 114 cm³/mol. The number of rotatable bonds is 8. The SMILES string of the molecule is c1ccc(CCNC(=NCC2COC3(CCOCC3)O2)NCCc2ccco2)cc1. The molecule has 1 unspecified atom stereocenters. The summed E-state index contributed by atoms with van der Waals surface area (Å²) in [6.45, 7) is 4.07. The van der Waals surface area contributed by atoms with E-state index in [1.807, 2.05) is 18.2 Å². The third-order valence-electron chi connectivity index (χ3n) is 5.41. The van der Waals surface area contributed by atoms with Crippen LogP contribution in [0.5, 0.6) is 0 Å². The van der Waals surface area contributed by atoms with Crippen molar-refractivity contribution in [2.24, 2.45) is 4.99 Å². The molecular formula is C23H31N3O4. The topological polar surface area (TPSA) is 77.3 Å². The van der Waals surface area contributed by atoms with Crippen molar-refractivity contribution in [2.75, 3.05) is 39.5 Å². The fourth-order valence-corrected chi connectivity index (χ4v) is 3.75. The van der Waals surface area contributed by atoms with Gasteiger partial charge < -0.3 is 29.3 Å². The van der Waals surface area contributed by atoms with Gasteiger partial charge in [-0.1, -0.05) is 30.3 Å². The molecule has 0 bridgehead atoms. The van der Waals surface area contributed by atoms with Gasteiger partial charge in [-0.25, -0.2) is 0 Å². The zero-order valence-electron chi connectivity index (χ0n) is 17.3. The van der Waals surface area contributed by atoms with Crippen LogP contribution in [-0.2, 0) is 27.1 Å². The molecular weight excluding hydrogens is 382 g/mol. The highest BCUT2D eigenvalue weighted by Gasteiger charge is 2.42. The number of nitrogens with zero attached hydrogens (tertiary/aromatic N) is 1. The minimum Gasteiger partial charge on any atom is -0.469 e. The minimum atomic E-state index is -0.466. The lowest BCUT2D eigenvalue weighted by molar-refractivity contribution is -0.210. The summed E-state index contributed by atoms with van der Waals surface area (Å²) in [4.78, 5) is 4.76. The maximum absolute atomic E-state index is 6.20. The summed E-state index contributed by atoms with van der Waals surface area (Å²) in [7, 11) is 0. The Morgan fingerprint density at radius 3 is 2.57 bits per heavy atom. The lowest BCUT2D eigenvalue weighted by Gasteiger charge is -2.31. The van der Waals surface area contributed by atoms with Gasteiger partial charge in [-0.2, -0.15) is 0 Å². The number of ether oxygens (including phenoxy) is 3. The lowest BCUT2D eigenvalue weighted by atomic mass is 10.1. The van der Waals surface area contributed by atoms with E-state index >= 15 is 0 Å². The predicted octanol–water partition coefficient (Wildman–Crippen LogP) is 2.52. The Kier molecular flexibility index (Phi) is 7.39. The van der Waals surface area contributed by atoms with Crippen LogP contribution in [0.25, 0.3) is 0 Å². The standard InChI is InChI=1S/C23H31N3O4/c1-2-5-19(6-3-1)8-12-24-22(25-13-9-20-7-4-14-28-20)26-17-21-18-29-23(30-21)10-15-27-16-11-23/h1-7,14,21H,8-13,15-18H2,(H2,24,25,26). The zero-order chi connectivity index (χ0) is 20.5. The molecule has 7 heteroatoms. The molecule has 1 atom stereocenters. The van der Waals surface area contributed by atoms with Crippen molar-refractivity contribution in [1.82, 2.24) is 10.6 Å². The van der Waals surface area contributed by atoms with Gasteiger partial charge in [0.2, 0.25) is 0 Å². The Balaban J connectivity index is 1.28. The first-order chi connectivity index (χ1) is 14.8. The van der Waals surface area contributed by atoms with Crippen LogP contribution in [-0.4, -0.2) is 57.3 Å². The summed E-state index contributed by atoms with van der Waals surface area (Å²) in [6, 6.07) is 14.3. The Labute approximate surface area is 177 Å². The van der Waals surface area contributed by atoms with Gasteiger partial charge in [-0.3, -0.25) is 4.99 Å². The molecule has 1 aromatic carbocycles. The number of furan rings is 1. The molecule has 2 saturated heterocycles. The van der Waals surface area contributed by atoms with Crippen molar-refractivity contribution in [3.05, 3.63) is 60.1 Å². The first kappa shape index (κ1) is 20.9.